The molecule has 0 aromatic heterocycles. The first-order valence-electron chi connectivity index (χ1n) is 4.57. The number of aliphatic hydroxyl groups excluding tert-OH is 1. The number of carbonyl (C=O) groups excluding carboxylic acids is 1. The molecular weight excluding hydrogens is 154 g/mol. The van der Waals surface area contributed by atoms with Crippen molar-refractivity contribution in [3.05, 3.63) is 0 Å². The Morgan fingerprint density at radius 3 is 2.67 bits per heavy atom. The van der Waals surface area contributed by atoms with Crippen molar-refractivity contribution in [2.45, 2.75) is 39.2 Å². The number of rotatable bonds is 7. The van der Waals surface area contributed by atoms with Crippen LogP contribution in [0.25, 0.3) is 0 Å². The first-order valence-corrected chi connectivity index (χ1v) is 4.57. The highest BCUT2D eigenvalue weighted by molar-refractivity contribution is 5.80. The minimum Gasteiger partial charge on any atom is -0.384 e. The summed E-state index contributed by atoms with van der Waals surface area (Å²) in [5, 5.41) is 12.1. The van der Waals surface area contributed by atoms with Crippen LogP contribution in [0, 0.1) is 0 Å². The van der Waals surface area contributed by atoms with E-state index < -0.39 is 6.10 Å². The van der Waals surface area contributed by atoms with Gasteiger partial charge >= 0.3 is 0 Å². The van der Waals surface area contributed by atoms with Gasteiger partial charge in [0.25, 0.3) is 0 Å². The maximum atomic E-state index is 10.6. The molecule has 0 saturated carbocycles. The molecule has 0 saturated heterocycles. The first-order chi connectivity index (χ1) is 5.68. The van der Waals surface area contributed by atoms with Crippen LogP contribution in [0.5, 0.6) is 0 Å². The van der Waals surface area contributed by atoms with Crippen molar-refractivity contribution in [1.82, 2.24) is 5.32 Å². The van der Waals surface area contributed by atoms with Crippen molar-refractivity contribution in [3.63, 3.8) is 0 Å². The van der Waals surface area contributed by atoms with E-state index in [1.807, 2.05) is 0 Å². The Bertz CT molecular complexity index is 126. The smallest absolute Gasteiger partial charge is 0.159 e. The summed E-state index contributed by atoms with van der Waals surface area (Å²) in [4.78, 5) is 10.6. The Morgan fingerprint density at radius 1 is 1.50 bits per heavy atom. The monoisotopic (exact) mass is 173 g/mol. The van der Waals surface area contributed by atoms with Gasteiger partial charge in [0.15, 0.2) is 5.78 Å². The van der Waals surface area contributed by atoms with Crippen LogP contribution >= 0.6 is 0 Å². The largest absolute Gasteiger partial charge is 0.384 e. The zero-order valence-corrected chi connectivity index (χ0v) is 7.97. The molecule has 0 aromatic carbocycles. The third kappa shape index (κ3) is 6.31. The standard InChI is InChI=1S/C9H19NO2/c1-3-4-5-6-10-7-9(12)8(2)11/h9-10,12H,3-7H2,1-2H3. The number of unbranched alkanes of at least 4 members (excludes halogenated alkanes) is 2. The molecule has 0 spiro atoms. The summed E-state index contributed by atoms with van der Waals surface area (Å²) in [7, 11) is 0. The molecule has 0 rings (SSSR count). The van der Waals surface area contributed by atoms with E-state index in [1.165, 1.54) is 19.8 Å². The van der Waals surface area contributed by atoms with Crippen molar-refractivity contribution in [2.24, 2.45) is 0 Å². The summed E-state index contributed by atoms with van der Waals surface area (Å²) in [5.41, 5.74) is 0. The van der Waals surface area contributed by atoms with E-state index in [0.717, 1.165) is 13.0 Å². The molecule has 1 unspecified atom stereocenters. The SMILES string of the molecule is CCCCCNCC(O)C(C)=O. The summed E-state index contributed by atoms with van der Waals surface area (Å²) in [6.45, 7) is 4.82. The number of nitrogens with one attached hydrogen (secondary N) is 1. The highest BCUT2D eigenvalue weighted by atomic mass is 16.3. The third-order valence-electron chi connectivity index (χ3n) is 1.76. The molecule has 3 heteroatoms. The average Bonchev–Trinajstić information content (AvgIpc) is 2.03. The van der Waals surface area contributed by atoms with Gasteiger partial charge in [0.1, 0.15) is 6.10 Å². The van der Waals surface area contributed by atoms with Crippen LogP contribution < -0.4 is 5.32 Å². The van der Waals surface area contributed by atoms with E-state index in [1.54, 1.807) is 0 Å². The second-order valence-electron chi connectivity index (χ2n) is 3.04. The second kappa shape index (κ2) is 7.25. The van der Waals surface area contributed by atoms with Crippen LogP contribution in [0.3, 0.4) is 0 Å². The average molecular weight is 173 g/mol. The lowest BCUT2D eigenvalue weighted by Crippen LogP contribution is -2.32. The predicted octanol–water partition coefficient (Wildman–Crippen LogP) is 0.716. The lowest BCUT2D eigenvalue weighted by molar-refractivity contribution is -0.124. The van der Waals surface area contributed by atoms with Gasteiger partial charge in [-0.1, -0.05) is 19.8 Å². The van der Waals surface area contributed by atoms with E-state index in [4.69, 9.17) is 5.11 Å². The summed E-state index contributed by atoms with van der Waals surface area (Å²) in [6.07, 6.45) is 2.67. The van der Waals surface area contributed by atoms with Crippen LogP contribution in [0.15, 0.2) is 0 Å². The lowest BCUT2D eigenvalue weighted by Gasteiger charge is -2.07. The number of carbonyl (C=O) groups is 1. The van der Waals surface area contributed by atoms with Gasteiger partial charge in [-0.25, -0.2) is 0 Å². The van der Waals surface area contributed by atoms with Gasteiger partial charge in [-0.3, -0.25) is 4.79 Å². The number of ketones is 1. The summed E-state index contributed by atoms with van der Waals surface area (Å²) in [5.74, 6) is -0.169. The number of hydrogen-bond donors (Lipinski definition) is 2. The van der Waals surface area contributed by atoms with Gasteiger partial charge in [0.05, 0.1) is 0 Å². The number of hydrogen-bond acceptors (Lipinski definition) is 3. The van der Waals surface area contributed by atoms with Gasteiger partial charge in [0.2, 0.25) is 0 Å². The predicted molar refractivity (Wildman–Crippen MR) is 49.1 cm³/mol. The van der Waals surface area contributed by atoms with Crippen LogP contribution in [0.4, 0.5) is 0 Å². The maximum Gasteiger partial charge on any atom is 0.159 e. The normalized spacial score (nSPS) is 12.9. The van der Waals surface area contributed by atoms with Crippen molar-refractivity contribution in [2.75, 3.05) is 13.1 Å². The molecule has 0 amide bonds. The Morgan fingerprint density at radius 2 is 2.17 bits per heavy atom. The minimum absolute atomic E-state index is 0.169. The van der Waals surface area contributed by atoms with Crippen LogP contribution in [-0.4, -0.2) is 30.1 Å². The zero-order chi connectivity index (χ0) is 9.40. The second-order valence-corrected chi connectivity index (χ2v) is 3.04. The van der Waals surface area contributed by atoms with E-state index >= 15 is 0 Å². The molecule has 2 N–H and O–H groups in total. The summed E-state index contributed by atoms with van der Waals surface area (Å²) in [6, 6.07) is 0. The molecule has 0 fully saturated rings. The quantitative estimate of drug-likeness (QED) is 0.558. The van der Waals surface area contributed by atoms with Gasteiger partial charge in [-0.2, -0.15) is 0 Å². The molecule has 12 heavy (non-hydrogen) atoms. The molecule has 0 heterocycles. The fourth-order valence-corrected chi connectivity index (χ4v) is 0.883. The minimum atomic E-state index is -0.827. The molecule has 0 aliphatic rings. The van der Waals surface area contributed by atoms with E-state index in [0.29, 0.717) is 6.54 Å². The van der Waals surface area contributed by atoms with Crippen molar-refractivity contribution >= 4 is 5.78 Å². The molecular formula is C9H19NO2. The molecule has 0 aliphatic carbocycles. The molecule has 0 aliphatic heterocycles. The van der Waals surface area contributed by atoms with Crippen molar-refractivity contribution < 1.29 is 9.90 Å². The van der Waals surface area contributed by atoms with Gasteiger partial charge in [0, 0.05) is 6.54 Å². The zero-order valence-electron chi connectivity index (χ0n) is 7.97. The van der Waals surface area contributed by atoms with Gasteiger partial charge in [-0.05, 0) is 19.9 Å². The fourth-order valence-electron chi connectivity index (χ4n) is 0.883. The van der Waals surface area contributed by atoms with Crippen molar-refractivity contribution in [3.8, 4) is 0 Å². The third-order valence-corrected chi connectivity index (χ3v) is 1.76. The van der Waals surface area contributed by atoms with E-state index in [2.05, 4.69) is 12.2 Å². The maximum absolute atomic E-state index is 10.6. The number of aliphatic hydroxyl groups is 1. The van der Waals surface area contributed by atoms with Crippen LogP contribution in [-0.2, 0) is 4.79 Å². The van der Waals surface area contributed by atoms with Crippen molar-refractivity contribution in [1.29, 1.82) is 0 Å². The molecule has 3 nitrogen and oxygen atoms in total. The van der Waals surface area contributed by atoms with E-state index in [-0.39, 0.29) is 5.78 Å². The van der Waals surface area contributed by atoms with Crippen LogP contribution in [0.1, 0.15) is 33.1 Å². The van der Waals surface area contributed by atoms with Crippen LogP contribution in [0.2, 0.25) is 0 Å². The molecule has 72 valence electrons. The van der Waals surface area contributed by atoms with E-state index in [9.17, 15) is 4.79 Å². The Balaban J connectivity index is 3.14. The van der Waals surface area contributed by atoms with Gasteiger partial charge in [-0.15, -0.1) is 0 Å². The lowest BCUT2D eigenvalue weighted by atomic mass is 10.2. The number of Topliss-reactive ketones (excluding diaryl/α,β-unsaturated/α-hetero) is 1. The first kappa shape index (κ1) is 11.6. The topological polar surface area (TPSA) is 49.3 Å². The Kier molecular flexibility index (Phi) is 7.00. The van der Waals surface area contributed by atoms with Gasteiger partial charge < -0.3 is 10.4 Å². The molecule has 0 radical (unpaired) electrons. The molecule has 0 aromatic rings. The molecule has 0 bridgehead atoms. The Labute approximate surface area is 74.2 Å². The highest BCUT2D eigenvalue weighted by Gasteiger charge is 2.07. The Hall–Kier alpha value is -0.410. The highest BCUT2D eigenvalue weighted by Crippen LogP contribution is 1.91. The molecule has 1 atom stereocenters. The summed E-state index contributed by atoms with van der Waals surface area (Å²) < 4.78 is 0. The summed E-state index contributed by atoms with van der Waals surface area (Å²) >= 11 is 0. The fraction of sp³-hybridized carbons (Fsp3) is 0.889.